The van der Waals surface area contributed by atoms with E-state index in [1.54, 1.807) is 0 Å². The van der Waals surface area contributed by atoms with Crippen LogP contribution >= 0.6 is 0 Å². The first-order chi connectivity index (χ1) is 6.87. The predicted molar refractivity (Wildman–Crippen MR) is 59.8 cm³/mol. The number of rotatable bonds is 8. The van der Waals surface area contributed by atoms with E-state index in [1.165, 1.54) is 0 Å². The molecule has 15 heavy (non-hydrogen) atoms. The van der Waals surface area contributed by atoms with Crippen molar-refractivity contribution in [1.82, 2.24) is 5.32 Å². The van der Waals surface area contributed by atoms with Crippen molar-refractivity contribution in [3.63, 3.8) is 0 Å². The lowest BCUT2D eigenvalue weighted by Crippen LogP contribution is -2.35. The summed E-state index contributed by atoms with van der Waals surface area (Å²) in [6.07, 6.45) is 1.27. The molecule has 0 amide bonds. The number of aliphatic carboxylic acids is 1. The Labute approximate surface area is 91.7 Å². The molecule has 0 aliphatic rings. The molecule has 90 valence electrons. The molecule has 4 nitrogen and oxygen atoms in total. The Kier molecular flexibility index (Phi) is 6.52. The van der Waals surface area contributed by atoms with Gasteiger partial charge in [-0.25, -0.2) is 0 Å². The van der Waals surface area contributed by atoms with E-state index in [4.69, 9.17) is 5.11 Å². The molecule has 0 aromatic heterocycles. The fraction of sp³-hybridized carbons (Fsp3) is 0.909. The first-order valence-electron chi connectivity index (χ1n) is 5.48. The Balaban J connectivity index is 3.64. The second-order valence-corrected chi connectivity index (χ2v) is 4.80. The lowest BCUT2D eigenvalue weighted by atomic mass is 9.88. The van der Waals surface area contributed by atoms with Crippen LogP contribution in [0.25, 0.3) is 0 Å². The van der Waals surface area contributed by atoms with Gasteiger partial charge in [0.25, 0.3) is 0 Å². The van der Waals surface area contributed by atoms with Crippen LogP contribution in [0.4, 0.5) is 0 Å². The van der Waals surface area contributed by atoms with Crippen molar-refractivity contribution in [3.8, 4) is 0 Å². The third-order valence-electron chi connectivity index (χ3n) is 2.32. The van der Waals surface area contributed by atoms with Crippen molar-refractivity contribution in [1.29, 1.82) is 0 Å². The zero-order valence-corrected chi connectivity index (χ0v) is 9.92. The summed E-state index contributed by atoms with van der Waals surface area (Å²) in [7, 11) is 0. The SMILES string of the molecule is CCCC(C)(C)CNCC(O)CC(=O)O. The molecule has 0 aliphatic heterocycles. The van der Waals surface area contributed by atoms with Crippen molar-refractivity contribution in [2.24, 2.45) is 5.41 Å². The number of nitrogens with one attached hydrogen (secondary N) is 1. The maximum absolute atomic E-state index is 10.3. The van der Waals surface area contributed by atoms with Crippen LogP contribution in [0.15, 0.2) is 0 Å². The number of carbonyl (C=O) groups is 1. The van der Waals surface area contributed by atoms with Gasteiger partial charge in [-0.1, -0.05) is 27.2 Å². The van der Waals surface area contributed by atoms with Gasteiger partial charge in [-0.2, -0.15) is 0 Å². The first-order valence-corrected chi connectivity index (χ1v) is 5.48. The standard InChI is InChI=1S/C11H23NO3/c1-4-5-11(2,3)8-12-7-9(13)6-10(14)15/h9,12-13H,4-8H2,1-3H3,(H,14,15). The predicted octanol–water partition coefficient (Wildman–Crippen LogP) is 1.24. The molecule has 0 fully saturated rings. The van der Waals surface area contributed by atoms with Crippen LogP contribution < -0.4 is 5.32 Å². The second-order valence-electron chi connectivity index (χ2n) is 4.80. The van der Waals surface area contributed by atoms with Crippen LogP contribution in [-0.2, 0) is 4.79 Å². The topological polar surface area (TPSA) is 69.6 Å². The Morgan fingerprint density at radius 2 is 2.07 bits per heavy atom. The van der Waals surface area contributed by atoms with Crippen molar-refractivity contribution < 1.29 is 15.0 Å². The molecule has 0 aliphatic carbocycles. The lowest BCUT2D eigenvalue weighted by Gasteiger charge is -2.25. The highest BCUT2D eigenvalue weighted by Crippen LogP contribution is 2.20. The molecular weight excluding hydrogens is 194 g/mol. The highest BCUT2D eigenvalue weighted by atomic mass is 16.4. The Morgan fingerprint density at radius 3 is 2.53 bits per heavy atom. The van der Waals surface area contributed by atoms with Crippen LogP contribution in [0.5, 0.6) is 0 Å². The number of hydrogen-bond acceptors (Lipinski definition) is 3. The third-order valence-corrected chi connectivity index (χ3v) is 2.32. The van der Waals surface area contributed by atoms with E-state index in [-0.39, 0.29) is 11.8 Å². The fourth-order valence-electron chi connectivity index (χ4n) is 1.62. The van der Waals surface area contributed by atoms with Gasteiger partial charge in [-0.3, -0.25) is 4.79 Å². The van der Waals surface area contributed by atoms with Crippen LogP contribution in [0.3, 0.4) is 0 Å². The molecule has 0 aromatic carbocycles. The van der Waals surface area contributed by atoms with Crippen LogP contribution in [0, 0.1) is 5.41 Å². The molecule has 0 spiro atoms. The maximum Gasteiger partial charge on any atom is 0.306 e. The molecule has 4 heteroatoms. The molecule has 1 atom stereocenters. The molecule has 1 unspecified atom stereocenters. The molecular formula is C11H23NO3. The summed E-state index contributed by atoms with van der Waals surface area (Å²) in [6.45, 7) is 7.61. The van der Waals surface area contributed by atoms with E-state index in [0.717, 1.165) is 19.4 Å². The van der Waals surface area contributed by atoms with Gasteiger partial charge in [-0.05, 0) is 11.8 Å². The summed E-state index contributed by atoms with van der Waals surface area (Å²) < 4.78 is 0. The van der Waals surface area contributed by atoms with Crippen molar-refractivity contribution in [2.75, 3.05) is 13.1 Å². The zero-order valence-electron chi connectivity index (χ0n) is 9.92. The molecule has 0 saturated heterocycles. The quantitative estimate of drug-likeness (QED) is 0.572. The normalized spacial score (nSPS) is 13.9. The van der Waals surface area contributed by atoms with Crippen LogP contribution in [-0.4, -0.2) is 35.4 Å². The summed E-state index contributed by atoms with van der Waals surface area (Å²) >= 11 is 0. The minimum Gasteiger partial charge on any atom is -0.481 e. The van der Waals surface area contributed by atoms with E-state index >= 15 is 0 Å². The van der Waals surface area contributed by atoms with E-state index in [2.05, 4.69) is 26.1 Å². The smallest absolute Gasteiger partial charge is 0.306 e. The lowest BCUT2D eigenvalue weighted by molar-refractivity contribution is -0.139. The molecule has 0 heterocycles. The first kappa shape index (κ1) is 14.4. The van der Waals surface area contributed by atoms with Gasteiger partial charge in [0, 0.05) is 13.1 Å². The average molecular weight is 217 g/mol. The summed E-state index contributed by atoms with van der Waals surface area (Å²) in [5, 5.41) is 20.8. The number of carboxylic acid groups (broad SMARTS) is 1. The summed E-state index contributed by atoms with van der Waals surface area (Å²) in [5.41, 5.74) is 0.206. The summed E-state index contributed by atoms with van der Waals surface area (Å²) in [4.78, 5) is 10.3. The second kappa shape index (κ2) is 6.80. The summed E-state index contributed by atoms with van der Waals surface area (Å²) in [6, 6.07) is 0. The van der Waals surface area contributed by atoms with E-state index in [1.807, 2.05) is 0 Å². The number of hydrogen-bond donors (Lipinski definition) is 3. The maximum atomic E-state index is 10.3. The highest BCUT2D eigenvalue weighted by Gasteiger charge is 2.17. The summed E-state index contributed by atoms with van der Waals surface area (Å²) in [5.74, 6) is -0.961. The Morgan fingerprint density at radius 1 is 1.47 bits per heavy atom. The number of carboxylic acids is 1. The van der Waals surface area contributed by atoms with Crippen LogP contribution in [0.2, 0.25) is 0 Å². The van der Waals surface area contributed by atoms with Gasteiger partial charge in [0.1, 0.15) is 0 Å². The van der Waals surface area contributed by atoms with Gasteiger partial charge in [0.05, 0.1) is 12.5 Å². The van der Waals surface area contributed by atoms with Gasteiger partial charge in [0.2, 0.25) is 0 Å². The fourth-order valence-corrected chi connectivity index (χ4v) is 1.62. The largest absolute Gasteiger partial charge is 0.481 e. The monoisotopic (exact) mass is 217 g/mol. The highest BCUT2D eigenvalue weighted by molar-refractivity contribution is 5.67. The van der Waals surface area contributed by atoms with Crippen LogP contribution in [0.1, 0.15) is 40.0 Å². The average Bonchev–Trinajstić information content (AvgIpc) is 2.01. The van der Waals surface area contributed by atoms with Crippen molar-refractivity contribution in [2.45, 2.75) is 46.1 Å². The van der Waals surface area contributed by atoms with E-state index < -0.39 is 12.1 Å². The third kappa shape index (κ3) is 8.39. The number of aliphatic hydroxyl groups is 1. The molecule has 3 N–H and O–H groups in total. The van der Waals surface area contributed by atoms with E-state index in [9.17, 15) is 9.90 Å². The molecule has 0 rings (SSSR count). The van der Waals surface area contributed by atoms with Crippen molar-refractivity contribution >= 4 is 5.97 Å². The van der Waals surface area contributed by atoms with Gasteiger partial charge in [-0.15, -0.1) is 0 Å². The van der Waals surface area contributed by atoms with Gasteiger partial charge in [0.15, 0.2) is 0 Å². The van der Waals surface area contributed by atoms with Gasteiger partial charge >= 0.3 is 5.97 Å². The Hall–Kier alpha value is -0.610. The van der Waals surface area contributed by atoms with Crippen molar-refractivity contribution in [3.05, 3.63) is 0 Å². The molecule has 0 saturated carbocycles. The Bertz CT molecular complexity index is 192. The molecule has 0 bridgehead atoms. The minimum absolute atomic E-state index is 0.193. The molecule has 0 aromatic rings. The van der Waals surface area contributed by atoms with E-state index in [0.29, 0.717) is 6.54 Å². The number of aliphatic hydroxyl groups excluding tert-OH is 1. The minimum atomic E-state index is -0.961. The van der Waals surface area contributed by atoms with Gasteiger partial charge < -0.3 is 15.5 Å². The molecule has 0 radical (unpaired) electrons. The zero-order chi connectivity index (χ0) is 11.9.